The zero-order valence-electron chi connectivity index (χ0n) is 13.4. The minimum Gasteiger partial charge on any atom is -0.355 e. The lowest BCUT2D eigenvalue weighted by molar-refractivity contribution is -0.137. The second-order valence-corrected chi connectivity index (χ2v) is 7.26. The molecule has 0 amide bonds. The van der Waals surface area contributed by atoms with Crippen LogP contribution in [-0.2, 0) is 22.6 Å². The molecule has 2 N–H and O–H groups in total. The number of sulfone groups is 1. The highest BCUT2D eigenvalue weighted by Crippen LogP contribution is 2.28. The molecule has 0 radical (unpaired) electrons. The summed E-state index contributed by atoms with van der Waals surface area (Å²) in [5, 5.41) is 5.76. The number of hydrogen-bond donors (Lipinski definition) is 2. The van der Waals surface area contributed by atoms with Gasteiger partial charge in [-0.05, 0) is 17.7 Å². The van der Waals surface area contributed by atoms with Crippen molar-refractivity contribution in [2.24, 2.45) is 4.99 Å². The Morgan fingerprint density at radius 2 is 1.75 bits per heavy atom. The molecule has 138 valence electrons. The SMILES string of the molecule is CCS(=O)(=O)CCNC(=NC)NCc1ccc(C(F)(F)F)cc1.I. The van der Waals surface area contributed by atoms with Crippen molar-refractivity contribution in [2.75, 3.05) is 25.1 Å². The third-order valence-corrected chi connectivity index (χ3v) is 4.82. The number of hydrogen-bond acceptors (Lipinski definition) is 3. The number of rotatable bonds is 6. The van der Waals surface area contributed by atoms with Crippen molar-refractivity contribution >= 4 is 39.8 Å². The fraction of sp³-hybridized carbons (Fsp3) is 0.500. The number of halogens is 4. The van der Waals surface area contributed by atoms with E-state index in [2.05, 4.69) is 15.6 Å². The standard InChI is InChI=1S/C14H20F3N3O2S.HI/c1-3-23(21,22)9-8-19-13(18-2)20-10-11-4-6-12(7-5-11)14(15,16)17;/h4-7H,3,8-10H2,1-2H3,(H2,18,19,20);1H. The maximum atomic E-state index is 12.5. The number of alkyl halides is 3. The Morgan fingerprint density at radius 1 is 1.17 bits per heavy atom. The van der Waals surface area contributed by atoms with E-state index < -0.39 is 21.6 Å². The lowest BCUT2D eigenvalue weighted by atomic mass is 10.1. The first-order valence-electron chi connectivity index (χ1n) is 6.99. The van der Waals surface area contributed by atoms with E-state index >= 15 is 0 Å². The molecule has 10 heteroatoms. The van der Waals surface area contributed by atoms with Gasteiger partial charge in [-0.1, -0.05) is 19.1 Å². The average Bonchev–Trinajstić information content (AvgIpc) is 2.50. The summed E-state index contributed by atoms with van der Waals surface area (Å²) in [6, 6.07) is 4.79. The van der Waals surface area contributed by atoms with Crippen LogP contribution in [0.25, 0.3) is 0 Å². The van der Waals surface area contributed by atoms with Crippen molar-refractivity contribution in [3.05, 3.63) is 35.4 Å². The predicted octanol–water partition coefficient (Wildman–Crippen LogP) is 2.42. The van der Waals surface area contributed by atoms with E-state index in [1.165, 1.54) is 19.2 Å². The van der Waals surface area contributed by atoms with Crippen LogP contribution in [0.3, 0.4) is 0 Å². The molecule has 0 aliphatic carbocycles. The molecule has 1 aromatic rings. The number of nitrogens with zero attached hydrogens (tertiary/aromatic N) is 1. The monoisotopic (exact) mass is 479 g/mol. The van der Waals surface area contributed by atoms with E-state index in [0.717, 1.165) is 12.1 Å². The molecule has 0 aliphatic rings. The van der Waals surface area contributed by atoms with Gasteiger partial charge in [0, 0.05) is 25.9 Å². The van der Waals surface area contributed by atoms with Crippen LogP contribution in [0, 0.1) is 0 Å². The van der Waals surface area contributed by atoms with Gasteiger partial charge in [0.2, 0.25) is 0 Å². The van der Waals surface area contributed by atoms with Crippen molar-refractivity contribution in [3.8, 4) is 0 Å². The Morgan fingerprint density at radius 3 is 2.21 bits per heavy atom. The van der Waals surface area contributed by atoms with Crippen LogP contribution in [0.2, 0.25) is 0 Å². The Hall–Kier alpha value is -1.04. The Balaban J connectivity index is 0.00000529. The molecule has 0 unspecified atom stereocenters. The summed E-state index contributed by atoms with van der Waals surface area (Å²) in [5.74, 6) is 0.452. The number of aliphatic imine (C=N–C) groups is 1. The molecular weight excluding hydrogens is 458 g/mol. The van der Waals surface area contributed by atoms with Gasteiger partial charge in [-0.25, -0.2) is 8.42 Å². The Labute approximate surface area is 157 Å². The van der Waals surface area contributed by atoms with Gasteiger partial charge in [0.05, 0.1) is 11.3 Å². The molecule has 0 fully saturated rings. The van der Waals surface area contributed by atoms with E-state index in [1.807, 2.05) is 0 Å². The summed E-state index contributed by atoms with van der Waals surface area (Å²) >= 11 is 0. The summed E-state index contributed by atoms with van der Waals surface area (Å²) in [6.07, 6.45) is -4.35. The van der Waals surface area contributed by atoms with Crippen LogP contribution in [0.1, 0.15) is 18.1 Å². The van der Waals surface area contributed by atoms with E-state index in [-0.39, 0.29) is 48.6 Å². The lowest BCUT2D eigenvalue weighted by Gasteiger charge is -2.12. The summed E-state index contributed by atoms with van der Waals surface area (Å²) in [5.41, 5.74) is -0.0457. The number of benzene rings is 1. The lowest BCUT2D eigenvalue weighted by Crippen LogP contribution is -2.39. The van der Waals surface area contributed by atoms with Gasteiger partial charge >= 0.3 is 6.18 Å². The minimum absolute atomic E-state index is 0. The second kappa shape index (κ2) is 10.1. The quantitative estimate of drug-likeness (QED) is 0.374. The molecule has 5 nitrogen and oxygen atoms in total. The molecule has 0 saturated heterocycles. The van der Waals surface area contributed by atoms with Gasteiger partial charge < -0.3 is 10.6 Å². The molecule has 1 rings (SSSR count). The van der Waals surface area contributed by atoms with Gasteiger partial charge in [-0.15, -0.1) is 24.0 Å². The van der Waals surface area contributed by atoms with Gasteiger partial charge in [-0.2, -0.15) is 13.2 Å². The highest BCUT2D eigenvalue weighted by Gasteiger charge is 2.29. The molecule has 0 aromatic heterocycles. The molecule has 0 spiro atoms. The first-order chi connectivity index (χ1) is 10.7. The first-order valence-corrected chi connectivity index (χ1v) is 8.81. The van der Waals surface area contributed by atoms with E-state index in [1.54, 1.807) is 6.92 Å². The highest BCUT2D eigenvalue weighted by atomic mass is 127. The Bertz CT molecular complexity index is 632. The predicted molar refractivity (Wildman–Crippen MR) is 99.4 cm³/mol. The van der Waals surface area contributed by atoms with Crippen molar-refractivity contribution in [1.29, 1.82) is 0 Å². The van der Waals surface area contributed by atoms with Crippen LogP contribution >= 0.6 is 24.0 Å². The molecule has 0 bridgehead atoms. The van der Waals surface area contributed by atoms with E-state index in [9.17, 15) is 21.6 Å². The molecule has 0 atom stereocenters. The molecule has 0 heterocycles. The Kier molecular flexibility index (Phi) is 9.63. The zero-order chi connectivity index (χ0) is 17.5. The number of guanidine groups is 1. The minimum atomic E-state index is -4.35. The summed E-state index contributed by atoms with van der Waals surface area (Å²) in [6.45, 7) is 2.06. The summed E-state index contributed by atoms with van der Waals surface area (Å²) in [4.78, 5) is 3.92. The van der Waals surface area contributed by atoms with E-state index in [4.69, 9.17) is 0 Å². The molecule has 0 aliphatic heterocycles. The zero-order valence-corrected chi connectivity index (χ0v) is 16.5. The van der Waals surface area contributed by atoms with Crippen molar-refractivity contribution < 1.29 is 21.6 Å². The maximum absolute atomic E-state index is 12.5. The molecule has 24 heavy (non-hydrogen) atoms. The molecular formula is C14H21F3IN3O2S. The van der Waals surface area contributed by atoms with Crippen LogP contribution in [-0.4, -0.2) is 39.5 Å². The third-order valence-electron chi connectivity index (χ3n) is 3.11. The van der Waals surface area contributed by atoms with Crippen molar-refractivity contribution in [3.63, 3.8) is 0 Å². The van der Waals surface area contributed by atoms with Gasteiger partial charge in [0.1, 0.15) is 0 Å². The smallest absolute Gasteiger partial charge is 0.355 e. The summed E-state index contributed by atoms with van der Waals surface area (Å²) < 4.78 is 60.1. The fourth-order valence-electron chi connectivity index (χ4n) is 1.69. The van der Waals surface area contributed by atoms with Crippen LogP contribution in [0.15, 0.2) is 29.3 Å². The van der Waals surface area contributed by atoms with Crippen LogP contribution < -0.4 is 10.6 Å². The highest BCUT2D eigenvalue weighted by molar-refractivity contribution is 14.0. The number of nitrogens with one attached hydrogen (secondary N) is 2. The molecule has 1 aromatic carbocycles. The molecule has 0 saturated carbocycles. The third kappa shape index (κ3) is 8.18. The fourth-order valence-corrected chi connectivity index (χ4v) is 2.39. The summed E-state index contributed by atoms with van der Waals surface area (Å²) in [7, 11) is -1.54. The van der Waals surface area contributed by atoms with Gasteiger partial charge in [0.15, 0.2) is 15.8 Å². The topological polar surface area (TPSA) is 70.6 Å². The normalized spacial score (nSPS) is 12.5. The van der Waals surface area contributed by atoms with Gasteiger partial charge in [0.25, 0.3) is 0 Å². The first kappa shape index (κ1) is 23.0. The second-order valence-electron chi connectivity index (χ2n) is 4.78. The van der Waals surface area contributed by atoms with Crippen LogP contribution in [0.5, 0.6) is 0 Å². The maximum Gasteiger partial charge on any atom is 0.416 e. The van der Waals surface area contributed by atoms with Crippen LogP contribution in [0.4, 0.5) is 13.2 Å². The van der Waals surface area contributed by atoms with Crippen molar-refractivity contribution in [1.82, 2.24) is 10.6 Å². The van der Waals surface area contributed by atoms with Gasteiger partial charge in [-0.3, -0.25) is 4.99 Å². The largest absolute Gasteiger partial charge is 0.416 e. The van der Waals surface area contributed by atoms with E-state index in [0.29, 0.717) is 11.5 Å². The van der Waals surface area contributed by atoms with Crippen molar-refractivity contribution in [2.45, 2.75) is 19.6 Å². The average molecular weight is 479 g/mol.